The van der Waals surface area contributed by atoms with E-state index < -0.39 is 0 Å². The van der Waals surface area contributed by atoms with Crippen molar-refractivity contribution in [1.29, 1.82) is 0 Å². The number of alkyl halides is 1. The normalized spacial score (nSPS) is 11.0. The second-order valence-electron chi connectivity index (χ2n) is 5.14. The molecule has 0 radical (unpaired) electrons. The summed E-state index contributed by atoms with van der Waals surface area (Å²) >= 11 is 5.62. The van der Waals surface area contributed by atoms with Gasteiger partial charge in [0.05, 0.1) is 5.88 Å². The van der Waals surface area contributed by atoms with Crippen molar-refractivity contribution in [2.45, 2.75) is 13.5 Å². The molecule has 0 amide bonds. The van der Waals surface area contributed by atoms with Crippen LogP contribution in [-0.2, 0) is 6.54 Å². The van der Waals surface area contributed by atoms with E-state index in [4.69, 9.17) is 16.3 Å². The predicted octanol–water partition coefficient (Wildman–Crippen LogP) is 4.62. The van der Waals surface area contributed by atoms with E-state index in [2.05, 4.69) is 54.1 Å². The molecule has 0 atom stereocenters. The summed E-state index contributed by atoms with van der Waals surface area (Å²) in [7, 11) is 0. The van der Waals surface area contributed by atoms with Gasteiger partial charge in [0.15, 0.2) is 0 Å². The lowest BCUT2D eigenvalue weighted by Crippen LogP contribution is -2.00. The first kappa shape index (κ1) is 14.0. The maximum absolute atomic E-state index is 5.62. The SMILES string of the molecule is Cc1cn(Cc2ccc(OCCCl)cc2)c2ccccc12. The number of halogens is 1. The Balaban J connectivity index is 1.82. The molecule has 0 spiro atoms. The molecule has 2 nitrogen and oxygen atoms in total. The fourth-order valence-electron chi connectivity index (χ4n) is 2.61. The number of nitrogens with zero attached hydrogens (tertiary/aromatic N) is 1. The van der Waals surface area contributed by atoms with Crippen molar-refractivity contribution < 1.29 is 4.74 Å². The summed E-state index contributed by atoms with van der Waals surface area (Å²) in [6.45, 7) is 3.56. The third kappa shape index (κ3) is 3.06. The topological polar surface area (TPSA) is 14.2 Å². The maximum atomic E-state index is 5.62. The standard InChI is InChI=1S/C18H18ClNO/c1-14-12-20(18-5-3-2-4-17(14)18)13-15-6-8-16(9-7-15)21-11-10-19/h2-9,12H,10-11,13H2,1H3. The molecule has 0 unspecified atom stereocenters. The Morgan fingerprint density at radius 3 is 2.57 bits per heavy atom. The summed E-state index contributed by atoms with van der Waals surface area (Å²) in [6, 6.07) is 16.7. The highest BCUT2D eigenvalue weighted by molar-refractivity contribution is 6.18. The number of aromatic nitrogens is 1. The molecule has 0 fully saturated rings. The Hall–Kier alpha value is -1.93. The van der Waals surface area contributed by atoms with Crippen LogP contribution in [0.25, 0.3) is 10.9 Å². The molecule has 0 aliphatic rings. The number of hydrogen-bond acceptors (Lipinski definition) is 1. The highest BCUT2D eigenvalue weighted by Crippen LogP contribution is 2.22. The Labute approximate surface area is 129 Å². The molecule has 0 aliphatic carbocycles. The molecule has 0 saturated carbocycles. The lowest BCUT2D eigenvalue weighted by Gasteiger charge is -2.08. The van der Waals surface area contributed by atoms with Crippen molar-refractivity contribution >= 4 is 22.5 Å². The molecular formula is C18H18ClNO. The van der Waals surface area contributed by atoms with E-state index in [1.54, 1.807) is 0 Å². The van der Waals surface area contributed by atoms with E-state index in [-0.39, 0.29) is 0 Å². The molecule has 2 aromatic carbocycles. The van der Waals surface area contributed by atoms with Gasteiger partial charge < -0.3 is 9.30 Å². The number of benzene rings is 2. The number of aryl methyl sites for hydroxylation is 1. The smallest absolute Gasteiger partial charge is 0.119 e. The Morgan fingerprint density at radius 1 is 1.05 bits per heavy atom. The maximum Gasteiger partial charge on any atom is 0.119 e. The van der Waals surface area contributed by atoms with Crippen LogP contribution in [0.1, 0.15) is 11.1 Å². The summed E-state index contributed by atoms with van der Waals surface area (Å²) in [5.74, 6) is 1.38. The third-order valence-electron chi connectivity index (χ3n) is 3.61. The molecule has 0 bridgehead atoms. The van der Waals surface area contributed by atoms with E-state index in [9.17, 15) is 0 Å². The van der Waals surface area contributed by atoms with Gasteiger partial charge in [0.1, 0.15) is 12.4 Å². The number of para-hydroxylation sites is 1. The first-order valence-corrected chi connectivity index (χ1v) is 7.63. The largest absolute Gasteiger partial charge is 0.492 e. The van der Waals surface area contributed by atoms with Crippen molar-refractivity contribution in [3.8, 4) is 5.75 Å². The van der Waals surface area contributed by atoms with Gasteiger partial charge >= 0.3 is 0 Å². The fraction of sp³-hybridized carbons (Fsp3) is 0.222. The van der Waals surface area contributed by atoms with Crippen LogP contribution >= 0.6 is 11.6 Å². The summed E-state index contributed by atoms with van der Waals surface area (Å²) in [5, 5.41) is 1.32. The first-order chi connectivity index (χ1) is 10.3. The van der Waals surface area contributed by atoms with Crippen LogP contribution in [0.5, 0.6) is 5.75 Å². The third-order valence-corrected chi connectivity index (χ3v) is 3.76. The molecule has 0 N–H and O–H groups in total. The highest BCUT2D eigenvalue weighted by Gasteiger charge is 2.05. The number of rotatable bonds is 5. The molecule has 0 saturated heterocycles. The van der Waals surface area contributed by atoms with Gasteiger partial charge in [-0.05, 0) is 36.2 Å². The van der Waals surface area contributed by atoms with Gasteiger partial charge in [-0.25, -0.2) is 0 Å². The minimum atomic E-state index is 0.510. The predicted molar refractivity (Wildman–Crippen MR) is 88.4 cm³/mol. The van der Waals surface area contributed by atoms with Crippen LogP contribution in [0.15, 0.2) is 54.7 Å². The molecular weight excluding hydrogens is 282 g/mol. The quantitative estimate of drug-likeness (QED) is 0.627. The Morgan fingerprint density at radius 2 is 1.81 bits per heavy atom. The molecule has 1 aromatic heterocycles. The molecule has 3 rings (SSSR count). The van der Waals surface area contributed by atoms with Gasteiger partial charge in [0, 0.05) is 23.6 Å². The van der Waals surface area contributed by atoms with Gasteiger partial charge in [-0.1, -0.05) is 30.3 Å². The van der Waals surface area contributed by atoms with Gasteiger partial charge in [-0.15, -0.1) is 11.6 Å². The summed E-state index contributed by atoms with van der Waals surface area (Å²) < 4.78 is 7.79. The van der Waals surface area contributed by atoms with Gasteiger partial charge in [0.2, 0.25) is 0 Å². The Bertz CT molecular complexity index is 731. The van der Waals surface area contributed by atoms with Crippen molar-refractivity contribution in [1.82, 2.24) is 4.57 Å². The first-order valence-electron chi connectivity index (χ1n) is 7.10. The van der Waals surface area contributed by atoms with Crippen LogP contribution in [0.3, 0.4) is 0 Å². The average Bonchev–Trinajstić information content (AvgIpc) is 2.83. The number of ether oxygens (including phenoxy) is 1. The highest BCUT2D eigenvalue weighted by atomic mass is 35.5. The van der Waals surface area contributed by atoms with Crippen LogP contribution in [0, 0.1) is 6.92 Å². The van der Waals surface area contributed by atoms with Crippen molar-refractivity contribution in [2.24, 2.45) is 0 Å². The van der Waals surface area contributed by atoms with Crippen molar-refractivity contribution in [3.63, 3.8) is 0 Å². The van der Waals surface area contributed by atoms with Crippen molar-refractivity contribution in [2.75, 3.05) is 12.5 Å². The van der Waals surface area contributed by atoms with Crippen LogP contribution in [0.2, 0.25) is 0 Å². The molecule has 0 aliphatic heterocycles. The number of fused-ring (bicyclic) bond motifs is 1. The lowest BCUT2D eigenvalue weighted by molar-refractivity contribution is 0.342. The van der Waals surface area contributed by atoms with E-state index >= 15 is 0 Å². The van der Waals surface area contributed by atoms with Crippen LogP contribution in [0.4, 0.5) is 0 Å². The molecule has 108 valence electrons. The molecule has 3 heteroatoms. The lowest BCUT2D eigenvalue weighted by atomic mass is 10.2. The summed E-state index contributed by atoms with van der Waals surface area (Å²) in [6.07, 6.45) is 2.21. The van der Waals surface area contributed by atoms with E-state index in [0.717, 1.165) is 12.3 Å². The van der Waals surface area contributed by atoms with Gasteiger partial charge in [-0.3, -0.25) is 0 Å². The van der Waals surface area contributed by atoms with Gasteiger partial charge in [-0.2, -0.15) is 0 Å². The zero-order chi connectivity index (χ0) is 14.7. The fourth-order valence-corrected chi connectivity index (χ4v) is 2.68. The second-order valence-corrected chi connectivity index (χ2v) is 5.52. The minimum Gasteiger partial charge on any atom is -0.492 e. The summed E-state index contributed by atoms with van der Waals surface area (Å²) in [5.41, 5.74) is 3.85. The van der Waals surface area contributed by atoms with Crippen LogP contribution < -0.4 is 4.74 Å². The zero-order valence-corrected chi connectivity index (χ0v) is 12.8. The summed E-state index contributed by atoms with van der Waals surface area (Å²) in [4.78, 5) is 0. The molecule has 3 aromatic rings. The van der Waals surface area contributed by atoms with Crippen LogP contribution in [-0.4, -0.2) is 17.1 Å². The second kappa shape index (κ2) is 6.23. The van der Waals surface area contributed by atoms with E-state index in [1.165, 1.54) is 22.0 Å². The van der Waals surface area contributed by atoms with E-state index in [1.807, 2.05) is 12.1 Å². The van der Waals surface area contributed by atoms with E-state index in [0.29, 0.717) is 12.5 Å². The molecule has 1 heterocycles. The zero-order valence-electron chi connectivity index (χ0n) is 12.1. The Kier molecular flexibility index (Phi) is 4.16. The molecule has 21 heavy (non-hydrogen) atoms. The van der Waals surface area contributed by atoms with Crippen molar-refractivity contribution in [3.05, 3.63) is 65.9 Å². The number of hydrogen-bond donors (Lipinski definition) is 0. The minimum absolute atomic E-state index is 0.510. The average molecular weight is 300 g/mol. The monoisotopic (exact) mass is 299 g/mol. The van der Waals surface area contributed by atoms with Gasteiger partial charge in [0.25, 0.3) is 0 Å².